The monoisotopic (exact) mass is 307 g/mol. The molecule has 1 saturated heterocycles. The minimum atomic E-state index is -0.326. The first-order valence-electron chi connectivity index (χ1n) is 7.69. The quantitative estimate of drug-likeness (QED) is 0.928. The van der Waals surface area contributed by atoms with Crippen LogP contribution in [0.25, 0.3) is 0 Å². The molecule has 5 nitrogen and oxygen atoms in total. The van der Waals surface area contributed by atoms with Crippen LogP contribution in [0.4, 0.5) is 0 Å². The van der Waals surface area contributed by atoms with Crippen molar-refractivity contribution in [3.05, 3.63) is 16.6 Å². The van der Waals surface area contributed by atoms with Crippen molar-refractivity contribution >= 4 is 23.2 Å². The lowest BCUT2D eigenvalue weighted by molar-refractivity contribution is -0.135. The molecular weight excluding hydrogens is 286 g/mol. The summed E-state index contributed by atoms with van der Waals surface area (Å²) in [5.41, 5.74) is 1.78. The molecule has 0 radical (unpaired) electrons. The Morgan fingerprint density at radius 1 is 1.29 bits per heavy atom. The SMILES string of the molecule is O=C1CCN(Cc2cncs2)C(=O)C(C2CCCCC2)N1. The van der Waals surface area contributed by atoms with E-state index >= 15 is 0 Å². The van der Waals surface area contributed by atoms with E-state index in [2.05, 4.69) is 10.3 Å². The van der Waals surface area contributed by atoms with Crippen LogP contribution in [0, 0.1) is 5.92 Å². The summed E-state index contributed by atoms with van der Waals surface area (Å²) in [6.07, 6.45) is 7.87. The molecule has 0 aromatic carbocycles. The third kappa shape index (κ3) is 3.43. The van der Waals surface area contributed by atoms with Gasteiger partial charge in [0.25, 0.3) is 0 Å². The average molecular weight is 307 g/mol. The maximum Gasteiger partial charge on any atom is 0.245 e. The molecule has 1 N–H and O–H groups in total. The molecule has 1 aliphatic carbocycles. The molecule has 2 amide bonds. The van der Waals surface area contributed by atoms with Gasteiger partial charge in [0.05, 0.1) is 12.1 Å². The predicted molar refractivity (Wildman–Crippen MR) is 80.7 cm³/mol. The van der Waals surface area contributed by atoms with Gasteiger partial charge in [-0.3, -0.25) is 14.6 Å². The van der Waals surface area contributed by atoms with Gasteiger partial charge < -0.3 is 10.2 Å². The molecule has 1 aliphatic heterocycles. The Balaban J connectivity index is 1.74. The number of thiazole rings is 1. The van der Waals surface area contributed by atoms with Gasteiger partial charge in [-0.2, -0.15) is 0 Å². The van der Waals surface area contributed by atoms with Crippen LogP contribution in [0.15, 0.2) is 11.7 Å². The van der Waals surface area contributed by atoms with Crippen molar-refractivity contribution in [2.45, 2.75) is 51.1 Å². The van der Waals surface area contributed by atoms with E-state index in [1.807, 2.05) is 4.90 Å². The normalized spacial score (nSPS) is 24.8. The second-order valence-electron chi connectivity index (χ2n) is 5.92. The van der Waals surface area contributed by atoms with Crippen molar-refractivity contribution in [3.8, 4) is 0 Å². The number of rotatable bonds is 3. The number of nitrogens with one attached hydrogen (secondary N) is 1. The molecule has 114 valence electrons. The largest absolute Gasteiger partial charge is 0.344 e. The molecule has 3 rings (SSSR count). The second kappa shape index (κ2) is 6.56. The summed E-state index contributed by atoms with van der Waals surface area (Å²) in [7, 11) is 0. The van der Waals surface area contributed by atoms with Crippen molar-refractivity contribution in [2.24, 2.45) is 5.92 Å². The first-order valence-corrected chi connectivity index (χ1v) is 8.57. The number of amides is 2. The second-order valence-corrected chi connectivity index (χ2v) is 6.89. The number of aromatic nitrogens is 1. The van der Waals surface area contributed by atoms with Gasteiger partial charge in [-0.15, -0.1) is 11.3 Å². The number of carbonyl (C=O) groups excluding carboxylic acids is 2. The van der Waals surface area contributed by atoms with Gasteiger partial charge in [0, 0.05) is 24.0 Å². The zero-order chi connectivity index (χ0) is 14.7. The number of carbonyl (C=O) groups is 2. The fraction of sp³-hybridized carbons (Fsp3) is 0.667. The Morgan fingerprint density at radius 2 is 2.10 bits per heavy atom. The topological polar surface area (TPSA) is 62.3 Å². The minimum absolute atomic E-state index is 0.00530. The molecule has 1 saturated carbocycles. The lowest BCUT2D eigenvalue weighted by Crippen LogP contribution is -2.49. The van der Waals surface area contributed by atoms with E-state index in [0.717, 1.165) is 17.7 Å². The molecule has 21 heavy (non-hydrogen) atoms. The van der Waals surface area contributed by atoms with Gasteiger partial charge >= 0.3 is 0 Å². The van der Waals surface area contributed by atoms with Gasteiger partial charge in [0.1, 0.15) is 6.04 Å². The molecule has 2 aliphatic rings. The first-order chi connectivity index (χ1) is 10.2. The summed E-state index contributed by atoms with van der Waals surface area (Å²) in [6, 6.07) is -0.326. The molecule has 2 fully saturated rings. The van der Waals surface area contributed by atoms with Crippen LogP contribution in [-0.2, 0) is 16.1 Å². The third-order valence-electron chi connectivity index (χ3n) is 4.45. The Morgan fingerprint density at radius 3 is 2.81 bits per heavy atom. The fourth-order valence-electron chi connectivity index (χ4n) is 3.30. The van der Waals surface area contributed by atoms with Crippen LogP contribution in [0.1, 0.15) is 43.4 Å². The van der Waals surface area contributed by atoms with E-state index in [1.165, 1.54) is 19.3 Å². The lowest BCUT2D eigenvalue weighted by atomic mass is 9.83. The summed E-state index contributed by atoms with van der Waals surface area (Å²) < 4.78 is 0. The molecule has 0 spiro atoms. The zero-order valence-corrected chi connectivity index (χ0v) is 12.9. The molecular formula is C15H21N3O2S. The minimum Gasteiger partial charge on any atom is -0.344 e. The van der Waals surface area contributed by atoms with Crippen LogP contribution < -0.4 is 5.32 Å². The summed E-state index contributed by atoms with van der Waals surface area (Å²) in [5.74, 6) is 0.393. The molecule has 6 heteroatoms. The molecule has 1 unspecified atom stereocenters. The summed E-state index contributed by atoms with van der Waals surface area (Å²) >= 11 is 1.55. The van der Waals surface area contributed by atoms with E-state index in [9.17, 15) is 9.59 Å². The summed E-state index contributed by atoms with van der Waals surface area (Å²) in [6.45, 7) is 1.08. The lowest BCUT2D eigenvalue weighted by Gasteiger charge is -2.31. The van der Waals surface area contributed by atoms with Crippen molar-refractivity contribution in [1.29, 1.82) is 0 Å². The van der Waals surface area contributed by atoms with Crippen LogP contribution in [0.3, 0.4) is 0 Å². The Labute approximate surface area is 128 Å². The maximum atomic E-state index is 12.8. The van der Waals surface area contributed by atoms with E-state index in [1.54, 1.807) is 23.0 Å². The van der Waals surface area contributed by atoms with Gasteiger partial charge in [-0.1, -0.05) is 19.3 Å². The van der Waals surface area contributed by atoms with E-state index in [-0.39, 0.29) is 17.9 Å². The van der Waals surface area contributed by atoms with Crippen LogP contribution in [0.2, 0.25) is 0 Å². The van der Waals surface area contributed by atoms with Gasteiger partial charge in [-0.05, 0) is 18.8 Å². The van der Waals surface area contributed by atoms with Crippen molar-refractivity contribution in [2.75, 3.05) is 6.54 Å². The molecule has 1 aromatic heterocycles. The van der Waals surface area contributed by atoms with E-state index < -0.39 is 0 Å². The summed E-state index contributed by atoms with van der Waals surface area (Å²) in [5, 5.41) is 2.97. The van der Waals surface area contributed by atoms with Crippen LogP contribution in [0.5, 0.6) is 0 Å². The van der Waals surface area contributed by atoms with Crippen LogP contribution >= 0.6 is 11.3 Å². The fourth-order valence-corrected chi connectivity index (χ4v) is 3.91. The molecule has 1 atom stereocenters. The van der Waals surface area contributed by atoms with E-state index in [0.29, 0.717) is 25.4 Å². The maximum absolute atomic E-state index is 12.8. The highest BCUT2D eigenvalue weighted by Gasteiger charge is 2.36. The highest BCUT2D eigenvalue weighted by molar-refractivity contribution is 7.09. The van der Waals surface area contributed by atoms with E-state index in [4.69, 9.17) is 0 Å². The zero-order valence-electron chi connectivity index (χ0n) is 12.1. The highest BCUT2D eigenvalue weighted by Crippen LogP contribution is 2.28. The average Bonchev–Trinajstić information content (AvgIpc) is 2.97. The standard InChI is InChI=1S/C15H21N3O2S/c19-13-6-7-18(9-12-8-16-10-21-12)15(20)14(17-13)11-4-2-1-3-5-11/h8,10-11,14H,1-7,9H2,(H,17,19). The van der Waals surface area contributed by atoms with Crippen molar-refractivity contribution in [1.82, 2.24) is 15.2 Å². The number of nitrogens with zero attached hydrogens (tertiary/aromatic N) is 2. The highest BCUT2D eigenvalue weighted by atomic mass is 32.1. The number of hydrogen-bond donors (Lipinski definition) is 1. The number of hydrogen-bond acceptors (Lipinski definition) is 4. The Bertz CT molecular complexity index is 497. The van der Waals surface area contributed by atoms with Crippen molar-refractivity contribution < 1.29 is 9.59 Å². The molecule has 0 bridgehead atoms. The van der Waals surface area contributed by atoms with Gasteiger partial charge in [0.15, 0.2) is 0 Å². The predicted octanol–water partition coefficient (Wildman–Crippen LogP) is 1.94. The first kappa shape index (κ1) is 14.5. The summed E-state index contributed by atoms with van der Waals surface area (Å²) in [4.78, 5) is 31.7. The third-order valence-corrected chi connectivity index (χ3v) is 5.22. The smallest absolute Gasteiger partial charge is 0.245 e. The van der Waals surface area contributed by atoms with Gasteiger partial charge in [0.2, 0.25) is 11.8 Å². The van der Waals surface area contributed by atoms with Gasteiger partial charge in [-0.25, -0.2) is 0 Å². The molecule has 1 aromatic rings. The van der Waals surface area contributed by atoms with Crippen molar-refractivity contribution in [3.63, 3.8) is 0 Å². The Kier molecular flexibility index (Phi) is 4.53. The van der Waals surface area contributed by atoms with Crippen LogP contribution in [-0.4, -0.2) is 34.3 Å². The molecule has 2 heterocycles. The Hall–Kier alpha value is -1.43.